The Morgan fingerprint density at radius 2 is 1.42 bits per heavy atom. The van der Waals surface area contributed by atoms with Crippen molar-refractivity contribution in [1.82, 2.24) is 0 Å². The van der Waals surface area contributed by atoms with Gasteiger partial charge in [-0.15, -0.1) is 0 Å². The Morgan fingerprint density at radius 3 is 1.96 bits per heavy atom. The number of benzene rings is 2. The van der Waals surface area contributed by atoms with E-state index in [9.17, 15) is 0 Å². The van der Waals surface area contributed by atoms with Crippen molar-refractivity contribution < 1.29 is 0 Å². The number of anilines is 1. The summed E-state index contributed by atoms with van der Waals surface area (Å²) in [7, 11) is 0. The summed E-state index contributed by atoms with van der Waals surface area (Å²) < 4.78 is 0. The van der Waals surface area contributed by atoms with Crippen LogP contribution in [0.3, 0.4) is 0 Å². The molecule has 2 N–H and O–H groups in total. The van der Waals surface area contributed by atoms with Gasteiger partial charge in [0, 0.05) is 5.69 Å². The number of hydrogen-bond donors (Lipinski definition) is 1. The van der Waals surface area contributed by atoms with Gasteiger partial charge in [0.2, 0.25) is 0 Å². The molecule has 0 aliphatic carbocycles. The molecule has 0 saturated heterocycles. The van der Waals surface area contributed by atoms with Gasteiger partial charge in [0.05, 0.1) is 0 Å². The van der Waals surface area contributed by atoms with Crippen molar-refractivity contribution in [2.45, 2.75) is 47.5 Å². The first kappa shape index (κ1) is 23.5. The van der Waals surface area contributed by atoms with Crippen molar-refractivity contribution in [2.24, 2.45) is 0 Å². The Kier molecular flexibility index (Phi) is 12.4. The van der Waals surface area contributed by atoms with Crippen molar-refractivity contribution in [1.29, 1.82) is 0 Å². The van der Waals surface area contributed by atoms with E-state index < -0.39 is 0 Å². The predicted octanol–water partition coefficient (Wildman–Crippen LogP) is 7.34. The maximum absolute atomic E-state index is 5.71. The monoisotopic (exact) mass is 349 g/mol. The minimum atomic E-state index is 0.796. The van der Waals surface area contributed by atoms with Crippen LogP contribution in [-0.4, -0.2) is 0 Å². The molecule has 0 fully saturated rings. The lowest BCUT2D eigenvalue weighted by atomic mass is 9.96. The normalized spacial score (nSPS) is 9.58. The molecule has 0 heterocycles. The summed E-state index contributed by atoms with van der Waals surface area (Å²) in [5.41, 5.74) is 12.6. The molecule has 0 aliphatic heterocycles. The van der Waals surface area contributed by atoms with Crippen molar-refractivity contribution in [2.75, 3.05) is 5.73 Å². The highest BCUT2D eigenvalue weighted by atomic mass is 14.5. The van der Waals surface area contributed by atoms with Crippen molar-refractivity contribution >= 4 is 17.8 Å². The fraction of sp³-hybridized carbons (Fsp3) is 0.280. The summed E-state index contributed by atoms with van der Waals surface area (Å²) >= 11 is 0. The first-order valence-electron chi connectivity index (χ1n) is 9.51. The molecule has 0 amide bonds. The highest BCUT2D eigenvalue weighted by Crippen LogP contribution is 2.19. The molecule has 26 heavy (non-hydrogen) atoms. The molecular weight excluding hydrogens is 314 g/mol. The van der Waals surface area contributed by atoms with E-state index in [0.29, 0.717) is 0 Å². The van der Waals surface area contributed by atoms with Crippen LogP contribution in [0.5, 0.6) is 0 Å². The van der Waals surface area contributed by atoms with E-state index >= 15 is 0 Å². The quantitative estimate of drug-likeness (QED) is 0.428. The van der Waals surface area contributed by atoms with Crippen LogP contribution in [0.4, 0.5) is 5.69 Å². The molecule has 0 unspecified atom stereocenters. The van der Waals surface area contributed by atoms with Crippen LogP contribution < -0.4 is 5.73 Å². The summed E-state index contributed by atoms with van der Waals surface area (Å²) in [5.74, 6) is 0. The number of allylic oxidation sites excluding steroid dienone is 2. The van der Waals surface area contributed by atoms with Crippen molar-refractivity contribution in [3.8, 4) is 0 Å². The van der Waals surface area contributed by atoms with Crippen LogP contribution in [0.15, 0.2) is 67.3 Å². The molecule has 0 spiro atoms. The third-order valence-corrected chi connectivity index (χ3v) is 3.61. The van der Waals surface area contributed by atoms with Crippen LogP contribution in [0.1, 0.15) is 56.9 Å². The fourth-order valence-corrected chi connectivity index (χ4v) is 2.52. The second kappa shape index (κ2) is 13.7. The van der Waals surface area contributed by atoms with Crippen LogP contribution in [-0.2, 0) is 12.8 Å². The summed E-state index contributed by atoms with van der Waals surface area (Å²) in [5, 5.41) is 0. The topological polar surface area (TPSA) is 26.0 Å². The molecule has 2 aromatic rings. The average molecular weight is 350 g/mol. The van der Waals surface area contributed by atoms with Gasteiger partial charge >= 0.3 is 0 Å². The molecule has 1 nitrogen and oxygen atoms in total. The summed E-state index contributed by atoms with van der Waals surface area (Å²) in [6.07, 6.45) is 7.80. The first-order chi connectivity index (χ1) is 12.6. The van der Waals surface area contributed by atoms with Crippen molar-refractivity contribution in [3.05, 3.63) is 89.5 Å². The Hall–Kier alpha value is -2.54. The smallest absolute Gasteiger partial charge is 0.0314 e. The second-order valence-corrected chi connectivity index (χ2v) is 5.51. The van der Waals surface area contributed by atoms with E-state index in [-0.39, 0.29) is 0 Å². The van der Waals surface area contributed by atoms with E-state index in [1.54, 1.807) is 0 Å². The van der Waals surface area contributed by atoms with E-state index in [0.717, 1.165) is 24.1 Å². The minimum Gasteiger partial charge on any atom is -0.399 e. The van der Waals surface area contributed by atoms with Crippen LogP contribution in [0, 0.1) is 0 Å². The van der Waals surface area contributed by atoms with Gasteiger partial charge in [-0.1, -0.05) is 95.0 Å². The molecule has 0 radical (unpaired) electrons. The van der Waals surface area contributed by atoms with E-state index in [2.05, 4.69) is 49.6 Å². The van der Waals surface area contributed by atoms with Gasteiger partial charge in [0.25, 0.3) is 0 Å². The summed E-state index contributed by atoms with van der Waals surface area (Å²) in [4.78, 5) is 0. The highest BCUT2D eigenvalue weighted by Gasteiger charge is 2.03. The lowest BCUT2D eigenvalue weighted by Gasteiger charge is -2.09. The zero-order chi connectivity index (χ0) is 19.9. The van der Waals surface area contributed by atoms with Gasteiger partial charge in [-0.05, 0) is 54.2 Å². The molecule has 0 aliphatic rings. The maximum atomic E-state index is 5.71. The highest BCUT2D eigenvalue weighted by molar-refractivity contribution is 5.65. The molecule has 140 valence electrons. The molecular formula is C25H35N. The lowest BCUT2D eigenvalue weighted by molar-refractivity contribution is 1.04. The lowest BCUT2D eigenvalue weighted by Crippen LogP contribution is -1.96. The van der Waals surface area contributed by atoms with E-state index in [1.807, 2.05) is 58.9 Å². The molecule has 0 atom stereocenters. The van der Waals surface area contributed by atoms with Gasteiger partial charge in [-0.25, -0.2) is 0 Å². The molecule has 0 bridgehead atoms. The second-order valence-electron chi connectivity index (χ2n) is 5.51. The Morgan fingerprint density at radius 1 is 0.885 bits per heavy atom. The first-order valence-corrected chi connectivity index (χ1v) is 9.51. The number of nitrogens with two attached hydrogens (primary N) is 1. The molecule has 1 heteroatoms. The predicted molar refractivity (Wildman–Crippen MR) is 121 cm³/mol. The number of rotatable bonds is 6. The fourth-order valence-electron chi connectivity index (χ4n) is 2.52. The van der Waals surface area contributed by atoms with Gasteiger partial charge in [-0.2, -0.15) is 0 Å². The van der Waals surface area contributed by atoms with E-state index in [4.69, 9.17) is 5.73 Å². The molecule has 2 rings (SSSR count). The molecule has 0 aromatic heterocycles. The van der Waals surface area contributed by atoms with Crippen LogP contribution in [0.25, 0.3) is 12.2 Å². The standard InChI is InChI=1S/C21H23N.2C2H6/c1-4-6-20-10-7-18(15-19(20)5-2)14-16(3)13-17-8-11-21(22)12-9-17;2*1-2/h4-12,15H,2-3,13-14,22H2,1H3;2*1-2H3/b6-4-;;. The SMILES string of the molecule is C=Cc1cc(CC(=C)Cc2ccc(N)cc2)ccc1/C=C\C.CC.CC. The van der Waals surface area contributed by atoms with Gasteiger partial charge in [0.15, 0.2) is 0 Å². The molecule has 2 aromatic carbocycles. The zero-order valence-corrected chi connectivity index (χ0v) is 17.2. The summed E-state index contributed by atoms with van der Waals surface area (Å²) in [6.45, 7) is 18.1. The van der Waals surface area contributed by atoms with Gasteiger partial charge in [0.1, 0.15) is 0 Å². The van der Waals surface area contributed by atoms with Crippen LogP contribution >= 0.6 is 0 Å². The minimum absolute atomic E-state index is 0.796. The third-order valence-electron chi connectivity index (χ3n) is 3.61. The van der Waals surface area contributed by atoms with Gasteiger partial charge < -0.3 is 5.73 Å². The maximum Gasteiger partial charge on any atom is 0.0314 e. The number of hydrogen-bond acceptors (Lipinski definition) is 1. The number of nitrogen functional groups attached to an aromatic ring is 1. The largest absolute Gasteiger partial charge is 0.399 e. The average Bonchev–Trinajstić information content (AvgIpc) is 2.68. The Bertz CT molecular complexity index is 691. The van der Waals surface area contributed by atoms with Gasteiger partial charge in [-0.3, -0.25) is 0 Å². The Labute approximate surface area is 161 Å². The zero-order valence-electron chi connectivity index (χ0n) is 17.2. The Balaban J connectivity index is 0.00000146. The van der Waals surface area contributed by atoms with Crippen LogP contribution in [0.2, 0.25) is 0 Å². The molecule has 0 saturated carbocycles. The third kappa shape index (κ3) is 8.02. The van der Waals surface area contributed by atoms with E-state index in [1.165, 1.54) is 22.3 Å². The summed E-state index contributed by atoms with van der Waals surface area (Å²) in [6, 6.07) is 14.5. The van der Waals surface area contributed by atoms with Crippen molar-refractivity contribution in [3.63, 3.8) is 0 Å².